The van der Waals surface area contributed by atoms with E-state index in [2.05, 4.69) is 20.7 Å². The fourth-order valence-electron chi connectivity index (χ4n) is 2.08. The molecule has 0 atom stereocenters. The lowest BCUT2D eigenvalue weighted by Crippen LogP contribution is -2.20. The highest BCUT2D eigenvalue weighted by Gasteiger charge is 2.09. The molecule has 25 heavy (non-hydrogen) atoms. The Balaban J connectivity index is 1.64. The second kappa shape index (κ2) is 7.77. The Bertz CT molecular complexity index is 915. The van der Waals surface area contributed by atoms with Crippen LogP contribution in [0.1, 0.15) is 5.56 Å². The van der Waals surface area contributed by atoms with E-state index in [-0.39, 0.29) is 23.4 Å². The van der Waals surface area contributed by atoms with Gasteiger partial charge in [0.2, 0.25) is 5.95 Å². The first-order valence-electron chi connectivity index (χ1n) is 7.18. The summed E-state index contributed by atoms with van der Waals surface area (Å²) in [6.45, 7) is 0.266. The zero-order valence-corrected chi connectivity index (χ0v) is 15.0. The van der Waals surface area contributed by atoms with Crippen LogP contribution in [0.3, 0.4) is 0 Å². The van der Waals surface area contributed by atoms with Crippen LogP contribution >= 0.6 is 35.4 Å². The van der Waals surface area contributed by atoms with Gasteiger partial charge in [-0.05, 0) is 30.4 Å². The number of thiocarbonyl (C=S) groups is 1. The van der Waals surface area contributed by atoms with Crippen molar-refractivity contribution in [2.75, 3.05) is 10.6 Å². The predicted octanol–water partition coefficient (Wildman–Crippen LogP) is 4.58. The van der Waals surface area contributed by atoms with E-state index in [1.54, 1.807) is 36.4 Å². The monoisotopic (exact) mass is 395 g/mol. The molecule has 0 bridgehead atoms. The molecule has 9 heteroatoms. The second-order valence-corrected chi connectivity index (χ2v) is 6.23. The Labute approximate surface area is 158 Å². The highest BCUT2D eigenvalue weighted by Crippen LogP contribution is 2.29. The van der Waals surface area contributed by atoms with E-state index in [1.165, 1.54) is 17.1 Å². The van der Waals surface area contributed by atoms with Gasteiger partial charge in [0.25, 0.3) is 0 Å². The topological polar surface area (TPSA) is 54.8 Å². The maximum Gasteiger partial charge on any atom is 0.248 e. The molecule has 0 amide bonds. The van der Waals surface area contributed by atoms with E-state index in [9.17, 15) is 4.39 Å². The van der Waals surface area contributed by atoms with Gasteiger partial charge in [0.05, 0.1) is 22.3 Å². The van der Waals surface area contributed by atoms with Gasteiger partial charge in [-0.25, -0.2) is 14.1 Å². The van der Waals surface area contributed by atoms with E-state index < -0.39 is 0 Å². The Kier molecular flexibility index (Phi) is 5.47. The summed E-state index contributed by atoms with van der Waals surface area (Å²) in [6, 6.07) is 11.7. The van der Waals surface area contributed by atoms with Crippen LogP contribution in [0.5, 0.6) is 0 Å². The molecular weight excluding hydrogens is 384 g/mol. The van der Waals surface area contributed by atoms with Crippen molar-refractivity contribution in [3.63, 3.8) is 0 Å². The van der Waals surface area contributed by atoms with Crippen LogP contribution in [0.25, 0.3) is 0 Å². The van der Waals surface area contributed by atoms with Crippen LogP contribution < -0.4 is 10.6 Å². The number of benzene rings is 2. The highest BCUT2D eigenvalue weighted by molar-refractivity contribution is 7.80. The number of halogens is 3. The highest BCUT2D eigenvalue weighted by atomic mass is 35.5. The first kappa shape index (κ1) is 17.6. The van der Waals surface area contributed by atoms with Crippen LogP contribution in [0.15, 0.2) is 48.8 Å². The van der Waals surface area contributed by atoms with Crippen molar-refractivity contribution < 1.29 is 4.39 Å². The largest absolute Gasteiger partial charge is 0.331 e. The summed E-state index contributed by atoms with van der Waals surface area (Å²) in [6.07, 6.45) is 1.49. The van der Waals surface area contributed by atoms with Crippen molar-refractivity contribution in [3.05, 3.63) is 70.2 Å². The van der Waals surface area contributed by atoms with Crippen molar-refractivity contribution in [1.29, 1.82) is 0 Å². The van der Waals surface area contributed by atoms with Gasteiger partial charge < -0.3 is 5.32 Å². The Morgan fingerprint density at radius 1 is 1.12 bits per heavy atom. The van der Waals surface area contributed by atoms with Gasteiger partial charge >= 0.3 is 0 Å². The number of nitrogens with zero attached hydrogens (tertiary/aromatic N) is 3. The van der Waals surface area contributed by atoms with Crippen molar-refractivity contribution in [2.24, 2.45) is 0 Å². The summed E-state index contributed by atoms with van der Waals surface area (Å²) < 4.78 is 15.2. The molecule has 0 unspecified atom stereocenters. The van der Waals surface area contributed by atoms with Gasteiger partial charge in [0.1, 0.15) is 12.1 Å². The molecule has 5 nitrogen and oxygen atoms in total. The Morgan fingerprint density at radius 3 is 2.72 bits per heavy atom. The van der Waals surface area contributed by atoms with E-state index in [4.69, 9.17) is 35.4 Å². The minimum Gasteiger partial charge on any atom is -0.331 e. The average molecular weight is 396 g/mol. The number of hydrogen-bond acceptors (Lipinski definition) is 3. The fraction of sp³-hybridized carbons (Fsp3) is 0.0625. The molecule has 3 rings (SSSR count). The summed E-state index contributed by atoms with van der Waals surface area (Å²) in [4.78, 5) is 4.10. The molecule has 3 aromatic rings. The van der Waals surface area contributed by atoms with Gasteiger partial charge in [0, 0.05) is 5.56 Å². The Morgan fingerprint density at radius 2 is 1.92 bits per heavy atom. The van der Waals surface area contributed by atoms with Crippen LogP contribution in [-0.4, -0.2) is 19.9 Å². The SMILES string of the molecule is Fc1ccccc1Cn1cnc(NC(=S)Nc2cccc(Cl)c2Cl)n1. The van der Waals surface area contributed by atoms with Crippen LogP contribution in [0.2, 0.25) is 10.0 Å². The normalized spacial score (nSPS) is 10.5. The lowest BCUT2D eigenvalue weighted by Gasteiger charge is -2.10. The number of rotatable bonds is 4. The second-order valence-electron chi connectivity index (χ2n) is 5.04. The standard InChI is InChI=1S/C16H12Cl2FN5S/c17-11-5-3-7-13(14(11)18)21-16(25)22-15-20-9-24(23-15)8-10-4-1-2-6-12(10)19/h1-7,9H,8H2,(H2,21,22,23,25). The molecule has 1 aromatic heterocycles. The molecular formula is C16H12Cl2FN5S. The molecule has 0 aliphatic rings. The first-order valence-corrected chi connectivity index (χ1v) is 8.34. The van der Waals surface area contributed by atoms with Crippen LogP contribution in [0, 0.1) is 5.82 Å². The maximum atomic E-state index is 13.7. The lowest BCUT2D eigenvalue weighted by molar-refractivity contribution is 0.585. The molecule has 0 saturated heterocycles. The van der Waals surface area contributed by atoms with Crippen molar-refractivity contribution in [2.45, 2.75) is 6.54 Å². The van der Waals surface area contributed by atoms with Crippen LogP contribution in [0.4, 0.5) is 16.0 Å². The van der Waals surface area contributed by atoms with E-state index >= 15 is 0 Å². The summed E-state index contributed by atoms with van der Waals surface area (Å²) >= 11 is 17.3. The molecule has 2 N–H and O–H groups in total. The van der Waals surface area contributed by atoms with E-state index in [0.29, 0.717) is 21.3 Å². The number of anilines is 2. The first-order chi connectivity index (χ1) is 12.0. The zero-order valence-electron chi connectivity index (χ0n) is 12.7. The van der Waals surface area contributed by atoms with Crippen molar-refractivity contribution in [1.82, 2.24) is 14.8 Å². The van der Waals surface area contributed by atoms with Gasteiger partial charge in [0.15, 0.2) is 5.11 Å². The zero-order chi connectivity index (χ0) is 17.8. The van der Waals surface area contributed by atoms with Gasteiger partial charge in [-0.3, -0.25) is 5.32 Å². The fourth-order valence-corrected chi connectivity index (χ4v) is 2.63. The van der Waals surface area contributed by atoms with E-state index in [0.717, 1.165) is 0 Å². The van der Waals surface area contributed by atoms with Crippen LogP contribution in [-0.2, 0) is 6.54 Å². The molecule has 0 aliphatic heterocycles. The maximum absolute atomic E-state index is 13.7. The third-order valence-electron chi connectivity index (χ3n) is 3.25. The Hall–Kier alpha value is -2.22. The molecule has 0 aliphatic carbocycles. The lowest BCUT2D eigenvalue weighted by atomic mass is 10.2. The molecule has 1 heterocycles. The number of nitrogens with one attached hydrogen (secondary N) is 2. The summed E-state index contributed by atoms with van der Waals surface area (Å²) in [5.74, 6) is -0.00714. The number of hydrogen-bond donors (Lipinski definition) is 2. The van der Waals surface area contributed by atoms with Gasteiger partial charge in [-0.2, -0.15) is 0 Å². The molecule has 2 aromatic carbocycles. The molecule has 0 spiro atoms. The molecule has 128 valence electrons. The number of aromatic nitrogens is 3. The summed E-state index contributed by atoms with van der Waals surface area (Å²) in [5, 5.41) is 11.0. The van der Waals surface area contributed by atoms with Crippen molar-refractivity contribution >= 4 is 52.2 Å². The minimum absolute atomic E-state index is 0.257. The third kappa shape index (κ3) is 4.45. The predicted molar refractivity (Wildman–Crippen MR) is 102 cm³/mol. The van der Waals surface area contributed by atoms with E-state index in [1.807, 2.05) is 0 Å². The quantitative estimate of drug-likeness (QED) is 0.633. The molecule has 0 radical (unpaired) electrons. The van der Waals surface area contributed by atoms with Gasteiger partial charge in [-0.15, -0.1) is 5.10 Å². The average Bonchev–Trinajstić information content (AvgIpc) is 3.01. The smallest absolute Gasteiger partial charge is 0.248 e. The summed E-state index contributed by atoms with van der Waals surface area (Å²) in [7, 11) is 0. The third-order valence-corrected chi connectivity index (χ3v) is 4.27. The minimum atomic E-state index is -0.291. The molecule has 0 saturated carbocycles. The van der Waals surface area contributed by atoms with Gasteiger partial charge in [-0.1, -0.05) is 47.5 Å². The molecule has 0 fully saturated rings. The van der Waals surface area contributed by atoms with Crippen molar-refractivity contribution in [3.8, 4) is 0 Å². The summed E-state index contributed by atoms with van der Waals surface area (Å²) in [5.41, 5.74) is 1.09.